The van der Waals surface area contributed by atoms with Crippen LogP contribution in [-0.2, 0) is 14.3 Å². The van der Waals surface area contributed by atoms with E-state index in [0.717, 1.165) is 0 Å². The lowest BCUT2D eigenvalue weighted by molar-refractivity contribution is -0.148. The van der Waals surface area contributed by atoms with Crippen molar-refractivity contribution >= 4 is 11.9 Å². The van der Waals surface area contributed by atoms with Crippen molar-refractivity contribution in [2.45, 2.75) is 38.8 Å². The van der Waals surface area contributed by atoms with Crippen molar-refractivity contribution in [1.29, 1.82) is 0 Å². The molecular weight excluding hydrogens is 158 g/mol. The van der Waals surface area contributed by atoms with Gasteiger partial charge in [0.25, 0.3) is 5.91 Å². The molecule has 0 aromatic carbocycles. The molecule has 1 rings (SSSR count). The molecule has 4 heteroatoms. The van der Waals surface area contributed by atoms with Crippen molar-refractivity contribution < 1.29 is 14.3 Å². The van der Waals surface area contributed by atoms with Crippen LogP contribution in [0.25, 0.3) is 0 Å². The van der Waals surface area contributed by atoms with Crippen LogP contribution >= 0.6 is 0 Å². The molecule has 0 spiro atoms. The number of amides is 1. The van der Waals surface area contributed by atoms with Crippen molar-refractivity contribution in [1.82, 2.24) is 5.32 Å². The smallest absolute Gasteiger partial charge is 0.306 e. The second-order valence-electron chi connectivity index (χ2n) is 3.18. The fourth-order valence-corrected chi connectivity index (χ4v) is 1.09. The first kappa shape index (κ1) is 9.03. The van der Waals surface area contributed by atoms with Crippen LogP contribution in [0.1, 0.15) is 26.7 Å². The molecule has 0 saturated carbocycles. The van der Waals surface area contributed by atoms with Gasteiger partial charge in [-0.2, -0.15) is 0 Å². The van der Waals surface area contributed by atoms with Gasteiger partial charge in [0.2, 0.25) is 0 Å². The van der Waals surface area contributed by atoms with Gasteiger partial charge in [-0.1, -0.05) is 0 Å². The first-order chi connectivity index (χ1) is 5.59. The average molecular weight is 171 g/mol. The van der Waals surface area contributed by atoms with E-state index in [9.17, 15) is 9.59 Å². The number of esters is 1. The molecule has 68 valence electrons. The molecular formula is C8H13NO3. The number of hydrogen-bond donors (Lipinski definition) is 1. The van der Waals surface area contributed by atoms with Crippen LogP contribution in [0.4, 0.5) is 0 Å². The zero-order chi connectivity index (χ0) is 9.14. The lowest BCUT2D eigenvalue weighted by atomic mass is 10.2. The van der Waals surface area contributed by atoms with Crippen molar-refractivity contribution in [3.8, 4) is 0 Å². The SMILES string of the molecule is CC(C)NC(=O)[C@@H]1CCC(=O)O1. The van der Waals surface area contributed by atoms with Crippen molar-refractivity contribution in [3.63, 3.8) is 0 Å². The van der Waals surface area contributed by atoms with Crippen LogP contribution in [0.3, 0.4) is 0 Å². The molecule has 1 amide bonds. The van der Waals surface area contributed by atoms with Crippen LogP contribution in [0, 0.1) is 0 Å². The highest BCUT2D eigenvalue weighted by molar-refractivity contribution is 5.86. The van der Waals surface area contributed by atoms with E-state index in [1.165, 1.54) is 0 Å². The summed E-state index contributed by atoms with van der Waals surface area (Å²) in [5.41, 5.74) is 0. The van der Waals surface area contributed by atoms with E-state index in [-0.39, 0.29) is 17.9 Å². The molecule has 1 aliphatic heterocycles. The Morgan fingerprint density at radius 3 is 2.75 bits per heavy atom. The van der Waals surface area contributed by atoms with Gasteiger partial charge in [-0.15, -0.1) is 0 Å². The van der Waals surface area contributed by atoms with Crippen molar-refractivity contribution in [2.75, 3.05) is 0 Å². The Hall–Kier alpha value is -1.06. The maximum absolute atomic E-state index is 11.2. The summed E-state index contributed by atoms with van der Waals surface area (Å²) in [6.07, 6.45) is 0.313. The highest BCUT2D eigenvalue weighted by Gasteiger charge is 2.29. The summed E-state index contributed by atoms with van der Waals surface area (Å²) >= 11 is 0. The predicted molar refractivity (Wildman–Crippen MR) is 42.4 cm³/mol. The number of rotatable bonds is 2. The second kappa shape index (κ2) is 3.56. The van der Waals surface area contributed by atoms with E-state index in [2.05, 4.69) is 5.32 Å². The molecule has 1 fully saturated rings. The number of nitrogens with one attached hydrogen (secondary N) is 1. The number of cyclic esters (lactones) is 1. The Morgan fingerprint density at radius 2 is 2.33 bits per heavy atom. The summed E-state index contributed by atoms with van der Waals surface area (Å²) in [6, 6.07) is 0.0943. The van der Waals surface area contributed by atoms with Gasteiger partial charge in [0.1, 0.15) is 0 Å². The molecule has 0 aromatic rings. The summed E-state index contributed by atoms with van der Waals surface area (Å²) in [5.74, 6) is -0.463. The van der Waals surface area contributed by atoms with Gasteiger partial charge in [0.05, 0.1) is 0 Å². The monoisotopic (exact) mass is 171 g/mol. The van der Waals surface area contributed by atoms with E-state index < -0.39 is 6.10 Å². The second-order valence-corrected chi connectivity index (χ2v) is 3.18. The van der Waals surface area contributed by atoms with E-state index in [1.54, 1.807) is 0 Å². The molecule has 0 unspecified atom stereocenters. The van der Waals surface area contributed by atoms with Gasteiger partial charge in [-0.3, -0.25) is 9.59 Å². The fourth-order valence-electron chi connectivity index (χ4n) is 1.09. The molecule has 0 aliphatic carbocycles. The Bertz CT molecular complexity index is 200. The van der Waals surface area contributed by atoms with Gasteiger partial charge in [0, 0.05) is 18.9 Å². The maximum Gasteiger partial charge on any atom is 0.306 e. The first-order valence-electron chi connectivity index (χ1n) is 4.09. The van der Waals surface area contributed by atoms with Crippen molar-refractivity contribution in [3.05, 3.63) is 0 Å². The average Bonchev–Trinajstić information content (AvgIpc) is 2.34. The van der Waals surface area contributed by atoms with Crippen LogP contribution < -0.4 is 5.32 Å². The highest BCUT2D eigenvalue weighted by Crippen LogP contribution is 2.13. The van der Waals surface area contributed by atoms with E-state index in [1.807, 2.05) is 13.8 Å². The fraction of sp³-hybridized carbons (Fsp3) is 0.750. The summed E-state index contributed by atoms with van der Waals surface area (Å²) in [4.78, 5) is 21.9. The lowest BCUT2D eigenvalue weighted by Gasteiger charge is -2.12. The van der Waals surface area contributed by atoms with E-state index in [0.29, 0.717) is 12.8 Å². The third-order valence-electron chi connectivity index (χ3n) is 1.61. The molecule has 0 radical (unpaired) electrons. The van der Waals surface area contributed by atoms with Gasteiger partial charge < -0.3 is 10.1 Å². The highest BCUT2D eigenvalue weighted by atomic mass is 16.6. The van der Waals surface area contributed by atoms with E-state index in [4.69, 9.17) is 4.74 Å². The summed E-state index contributed by atoms with van der Waals surface area (Å²) in [6.45, 7) is 3.74. The van der Waals surface area contributed by atoms with Crippen LogP contribution in [-0.4, -0.2) is 24.0 Å². The normalized spacial score (nSPS) is 22.6. The van der Waals surface area contributed by atoms with Gasteiger partial charge in [-0.05, 0) is 13.8 Å². The zero-order valence-electron chi connectivity index (χ0n) is 7.29. The lowest BCUT2D eigenvalue weighted by Crippen LogP contribution is -2.38. The Labute approximate surface area is 71.3 Å². The molecule has 1 atom stereocenters. The Morgan fingerprint density at radius 1 is 1.67 bits per heavy atom. The van der Waals surface area contributed by atoms with Gasteiger partial charge in [-0.25, -0.2) is 0 Å². The Kier molecular flexibility index (Phi) is 2.68. The van der Waals surface area contributed by atoms with Crippen LogP contribution in [0.15, 0.2) is 0 Å². The molecule has 12 heavy (non-hydrogen) atoms. The largest absolute Gasteiger partial charge is 0.452 e. The molecule has 4 nitrogen and oxygen atoms in total. The number of hydrogen-bond acceptors (Lipinski definition) is 3. The minimum atomic E-state index is -0.556. The molecule has 1 saturated heterocycles. The maximum atomic E-state index is 11.2. The minimum Gasteiger partial charge on any atom is -0.452 e. The van der Waals surface area contributed by atoms with Gasteiger partial charge in [0.15, 0.2) is 6.10 Å². The summed E-state index contributed by atoms with van der Waals surface area (Å²) in [5, 5.41) is 2.69. The standard InChI is InChI=1S/C8H13NO3/c1-5(2)9-8(11)6-3-4-7(10)12-6/h5-6H,3-4H2,1-2H3,(H,9,11)/t6-/m0/s1. The quantitative estimate of drug-likeness (QED) is 0.604. The van der Waals surface area contributed by atoms with Crippen LogP contribution in [0.2, 0.25) is 0 Å². The molecule has 1 aliphatic rings. The minimum absolute atomic E-state index is 0.0943. The molecule has 1 heterocycles. The van der Waals surface area contributed by atoms with Gasteiger partial charge >= 0.3 is 5.97 Å². The third-order valence-corrected chi connectivity index (χ3v) is 1.61. The summed E-state index contributed by atoms with van der Waals surface area (Å²) < 4.78 is 4.77. The molecule has 0 bridgehead atoms. The topological polar surface area (TPSA) is 55.4 Å². The number of ether oxygens (including phenoxy) is 1. The van der Waals surface area contributed by atoms with Crippen LogP contribution in [0.5, 0.6) is 0 Å². The predicted octanol–water partition coefficient (Wildman–Crippen LogP) is 0.217. The number of carbonyl (C=O) groups excluding carboxylic acids is 2. The van der Waals surface area contributed by atoms with Crippen molar-refractivity contribution in [2.24, 2.45) is 0 Å². The van der Waals surface area contributed by atoms with E-state index >= 15 is 0 Å². The number of carbonyl (C=O) groups is 2. The molecule has 0 aromatic heterocycles. The zero-order valence-corrected chi connectivity index (χ0v) is 7.29. The summed E-state index contributed by atoms with van der Waals surface area (Å²) in [7, 11) is 0. The third kappa shape index (κ3) is 2.22. The Balaban J connectivity index is 2.38. The first-order valence-corrected chi connectivity index (χ1v) is 4.09. The molecule has 1 N–H and O–H groups in total.